The third-order valence-corrected chi connectivity index (χ3v) is 2.03. The van der Waals surface area contributed by atoms with Crippen molar-refractivity contribution in [2.45, 2.75) is 12.1 Å². The molecule has 82 valence electrons. The maximum Gasteiger partial charge on any atom is 0.325 e. The van der Waals surface area contributed by atoms with Crippen molar-refractivity contribution >= 4 is 5.97 Å². The Hall–Kier alpha value is -1.59. The molecule has 2 unspecified atom stereocenters. The lowest BCUT2D eigenvalue weighted by Gasteiger charge is -2.16. The molecule has 0 aliphatic carbocycles. The highest BCUT2D eigenvalue weighted by Crippen LogP contribution is 2.20. The lowest BCUT2D eigenvalue weighted by Crippen LogP contribution is -2.37. The summed E-state index contributed by atoms with van der Waals surface area (Å²) >= 11 is 0. The lowest BCUT2D eigenvalue weighted by molar-refractivity contribution is -0.145. The molecule has 5 heteroatoms. The van der Waals surface area contributed by atoms with Crippen molar-refractivity contribution in [2.75, 3.05) is 7.11 Å². The quantitative estimate of drug-likeness (QED) is 0.608. The van der Waals surface area contributed by atoms with Gasteiger partial charge in [-0.15, -0.1) is 0 Å². The number of methoxy groups -OCH3 is 1. The van der Waals surface area contributed by atoms with Crippen molar-refractivity contribution in [1.29, 1.82) is 0 Å². The molecule has 2 atom stereocenters. The second-order valence-corrected chi connectivity index (χ2v) is 3.09. The van der Waals surface area contributed by atoms with E-state index in [9.17, 15) is 15.0 Å². The fourth-order valence-corrected chi connectivity index (χ4v) is 1.18. The van der Waals surface area contributed by atoms with Crippen LogP contribution in [0.1, 0.15) is 11.7 Å². The molecule has 4 N–H and O–H groups in total. The Kier molecular flexibility index (Phi) is 3.65. The molecule has 1 aromatic carbocycles. The molecular weight excluding hydrogens is 198 g/mol. The fourth-order valence-electron chi connectivity index (χ4n) is 1.18. The summed E-state index contributed by atoms with van der Waals surface area (Å²) in [5.41, 5.74) is 5.82. The van der Waals surface area contributed by atoms with Crippen LogP contribution in [0.3, 0.4) is 0 Å². The van der Waals surface area contributed by atoms with Crippen LogP contribution in [-0.2, 0) is 9.53 Å². The zero-order valence-corrected chi connectivity index (χ0v) is 8.25. The molecule has 0 aliphatic heterocycles. The van der Waals surface area contributed by atoms with E-state index in [1.165, 1.54) is 19.2 Å². The number of rotatable bonds is 3. The van der Waals surface area contributed by atoms with Gasteiger partial charge in [-0.25, -0.2) is 0 Å². The standard InChI is InChI=1S/C10H13NO4/c1-15-10(14)8(11)9(13)6-3-2-4-7(12)5-6/h2-5,8-9,12-13H,11H2,1H3. The second kappa shape index (κ2) is 4.77. The van der Waals surface area contributed by atoms with Crippen molar-refractivity contribution in [3.8, 4) is 5.75 Å². The van der Waals surface area contributed by atoms with Gasteiger partial charge in [-0.1, -0.05) is 12.1 Å². The minimum Gasteiger partial charge on any atom is -0.508 e. The number of benzene rings is 1. The zero-order chi connectivity index (χ0) is 11.4. The number of phenolic OH excluding ortho intramolecular Hbond substituents is 1. The topological polar surface area (TPSA) is 92.8 Å². The smallest absolute Gasteiger partial charge is 0.325 e. The molecule has 0 fully saturated rings. The molecule has 0 amide bonds. The molecule has 1 rings (SSSR count). The van der Waals surface area contributed by atoms with Crippen LogP contribution in [0.5, 0.6) is 5.75 Å². The summed E-state index contributed by atoms with van der Waals surface area (Å²) in [6, 6.07) is 4.76. The average Bonchev–Trinajstić information content (AvgIpc) is 2.26. The number of phenols is 1. The molecule has 0 aromatic heterocycles. The van der Waals surface area contributed by atoms with Crippen LogP contribution in [0.15, 0.2) is 24.3 Å². The van der Waals surface area contributed by atoms with E-state index < -0.39 is 18.1 Å². The number of aromatic hydroxyl groups is 1. The van der Waals surface area contributed by atoms with Crippen molar-refractivity contribution in [3.63, 3.8) is 0 Å². The van der Waals surface area contributed by atoms with Crippen molar-refractivity contribution in [1.82, 2.24) is 0 Å². The first kappa shape index (κ1) is 11.5. The van der Waals surface area contributed by atoms with Gasteiger partial charge in [-0.3, -0.25) is 4.79 Å². The van der Waals surface area contributed by atoms with Gasteiger partial charge in [-0.2, -0.15) is 0 Å². The monoisotopic (exact) mass is 211 g/mol. The third-order valence-electron chi connectivity index (χ3n) is 2.03. The van der Waals surface area contributed by atoms with E-state index >= 15 is 0 Å². The Bertz CT molecular complexity index is 353. The normalized spacial score (nSPS) is 14.3. The molecule has 5 nitrogen and oxygen atoms in total. The number of aliphatic hydroxyl groups is 1. The van der Waals surface area contributed by atoms with Gasteiger partial charge in [0.05, 0.1) is 7.11 Å². The number of carbonyl (C=O) groups excluding carboxylic acids is 1. The van der Waals surface area contributed by atoms with Crippen LogP contribution in [-0.4, -0.2) is 29.3 Å². The van der Waals surface area contributed by atoms with E-state index in [0.29, 0.717) is 5.56 Å². The summed E-state index contributed by atoms with van der Waals surface area (Å²) in [6.45, 7) is 0. The summed E-state index contributed by atoms with van der Waals surface area (Å²) in [4.78, 5) is 11.0. The van der Waals surface area contributed by atoms with Gasteiger partial charge in [0, 0.05) is 0 Å². The Morgan fingerprint density at radius 2 is 2.20 bits per heavy atom. The number of carbonyl (C=O) groups is 1. The lowest BCUT2D eigenvalue weighted by atomic mass is 10.0. The number of aliphatic hydroxyl groups excluding tert-OH is 1. The van der Waals surface area contributed by atoms with Crippen molar-refractivity contribution < 1.29 is 19.7 Å². The molecule has 15 heavy (non-hydrogen) atoms. The molecule has 0 aliphatic rings. The summed E-state index contributed by atoms with van der Waals surface area (Å²) in [7, 11) is 1.19. The summed E-state index contributed by atoms with van der Waals surface area (Å²) < 4.78 is 4.40. The SMILES string of the molecule is COC(=O)C(N)C(O)c1cccc(O)c1. The van der Waals surface area contributed by atoms with Gasteiger partial charge in [0.2, 0.25) is 0 Å². The van der Waals surface area contributed by atoms with Gasteiger partial charge in [0.15, 0.2) is 0 Å². The van der Waals surface area contributed by atoms with Gasteiger partial charge >= 0.3 is 5.97 Å². The molecule has 1 aromatic rings. The van der Waals surface area contributed by atoms with Crippen LogP contribution in [0.4, 0.5) is 0 Å². The highest BCUT2D eigenvalue weighted by molar-refractivity contribution is 5.76. The number of hydrogen-bond donors (Lipinski definition) is 3. The Balaban J connectivity index is 2.84. The van der Waals surface area contributed by atoms with E-state index in [-0.39, 0.29) is 5.75 Å². The number of nitrogens with two attached hydrogens (primary N) is 1. The molecule has 0 bridgehead atoms. The average molecular weight is 211 g/mol. The predicted octanol–water partition coefficient (Wildman–Crippen LogP) is -0.0741. The maximum absolute atomic E-state index is 11.0. The Morgan fingerprint density at radius 1 is 1.53 bits per heavy atom. The van der Waals surface area contributed by atoms with Crippen LogP contribution >= 0.6 is 0 Å². The van der Waals surface area contributed by atoms with Crippen LogP contribution in [0, 0.1) is 0 Å². The number of ether oxygens (including phenoxy) is 1. The minimum absolute atomic E-state index is 0.00335. The van der Waals surface area contributed by atoms with Crippen LogP contribution in [0.2, 0.25) is 0 Å². The predicted molar refractivity (Wildman–Crippen MR) is 53.1 cm³/mol. The van der Waals surface area contributed by atoms with E-state index in [1.54, 1.807) is 12.1 Å². The van der Waals surface area contributed by atoms with Crippen molar-refractivity contribution in [2.24, 2.45) is 5.73 Å². The number of esters is 1. The first-order valence-corrected chi connectivity index (χ1v) is 4.36. The molecular formula is C10H13NO4. The Morgan fingerprint density at radius 3 is 2.73 bits per heavy atom. The molecule has 0 spiro atoms. The summed E-state index contributed by atoms with van der Waals surface area (Å²) in [5.74, 6) is -0.700. The molecule has 0 radical (unpaired) electrons. The highest BCUT2D eigenvalue weighted by atomic mass is 16.5. The summed E-state index contributed by atoms with van der Waals surface area (Å²) in [6.07, 6.45) is -1.19. The highest BCUT2D eigenvalue weighted by Gasteiger charge is 2.24. The van der Waals surface area contributed by atoms with Gasteiger partial charge in [0.1, 0.15) is 17.9 Å². The van der Waals surface area contributed by atoms with Gasteiger partial charge < -0.3 is 20.7 Å². The van der Waals surface area contributed by atoms with E-state index in [1.807, 2.05) is 0 Å². The van der Waals surface area contributed by atoms with Crippen LogP contribution < -0.4 is 5.73 Å². The van der Waals surface area contributed by atoms with Gasteiger partial charge in [0.25, 0.3) is 0 Å². The van der Waals surface area contributed by atoms with E-state index in [2.05, 4.69) is 4.74 Å². The third kappa shape index (κ3) is 2.68. The first-order chi connectivity index (χ1) is 7.06. The maximum atomic E-state index is 11.0. The minimum atomic E-state index is -1.19. The zero-order valence-electron chi connectivity index (χ0n) is 8.25. The second-order valence-electron chi connectivity index (χ2n) is 3.09. The van der Waals surface area contributed by atoms with Crippen LogP contribution in [0.25, 0.3) is 0 Å². The van der Waals surface area contributed by atoms with E-state index in [4.69, 9.17) is 5.73 Å². The largest absolute Gasteiger partial charge is 0.508 e. The molecule has 0 heterocycles. The summed E-state index contributed by atoms with van der Waals surface area (Å²) in [5, 5.41) is 18.8. The van der Waals surface area contributed by atoms with Gasteiger partial charge in [-0.05, 0) is 17.7 Å². The first-order valence-electron chi connectivity index (χ1n) is 4.36. The van der Waals surface area contributed by atoms with Crippen molar-refractivity contribution in [3.05, 3.63) is 29.8 Å². The number of hydrogen-bond acceptors (Lipinski definition) is 5. The molecule has 0 saturated carbocycles. The Labute approximate surface area is 87.1 Å². The molecule has 0 saturated heterocycles. The van der Waals surface area contributed by atoms with E-state index in [0.717, 1.165) is 0 Å². The fraction of sp³-hybridized carbons (Fsp3) is 0.300.